The van der Waals surface area contributed by atoms with E-state index < -0.39 is 0 Å². The molecule has 0 spiro atoms. The summed E-state index contributed by atoms with van der Waals surface area (Å²) in [6.45, 7) is 2.61. The zero-order valence-electron chi connectivity index (χ0n) is 9.49. The second kappa shape index (κ2) is 3.51. The number of amides is 1. The van der Waals surface area contributed by atoms with Gasteiger partial charge in [0.25, 0.3) is 0 Å². The van der Waals surface area contributed by atoms with Gasteiger partial charge in [-0.1, -0.05) is 6.07 Å². The Hall–Kier alpha value is -1.51. The summed E-state index contributed by atoms with van der Waals surface area (Å²) in [5.41, 5.74) is 3.41. The van der Waals surface area contributed by atoms with Gasteiger partial charge >= 0.3 is 0 Å². The molecular weight excluding hydrogens is 200 g/mol. The van der Waals surface area contributed by atoms with Crippen molar-refractivity contribution in [3.05, 3.63) is 23.8 Å². The maximum Gasteiger partial charge on any atom is 0.243 e. The molecule has 84 valence electrons. The van der Waals surface area contributed by atoms with E-state index in [0.717, 1.165) is 5.69 Å². The lowest BCUT2D eigenvalue weighted by Crippen LogP contribution is -2.47. The van der Waals surface area contributed by atoms with Crippen molar-refractivity contribution < 1.29 is 4.79 Å². The highest BCUT2D eigenvalue weighted by Gasteiger charge is 2.31. The number of rotatable bonds is 1. The third-order valence-corrected chi connectivity index (χ3v) is 3.57. The van der Waals surface area contributed by atoms with Gasteiger partial charge in [-0.05, 0) is 43.9 Å². The van der Waals surface area contributed by atoms with Gasteiger partial charge in [0.15, 0.2) is 0 Å². The molecule has 3 nitrogen and oxygen atoms in total. The van der Waals surface area contributed by atoms with Crippen molar-refractivity contribution in [1.29, 1.82) is 0 Å². The predicted molar refractivity (Wildman–Crippen MR) is 64.8 cm³/mol. The highest BCUT2D eigenvalue weighted by molar-refractivity contribution is 6.01. The van der Waals surface area contributed by atoms with Gasteiger partial charge in [0.2, 0.25) is 5.91 Å². The molecular formula is C13H16N2O. The van der Waals surface area contributed by atoms with Gasteiger partial charge in [0.05, 0.1) is 17.9 Å². The first kappa shape index (κ1) is 9.70. The number of carbonyl (C=O) groups is 1. The number of fused-ring (bicyclic) bond motifs is 1. The van der Waals surface area contributed by atoms with Crippen LogP contribution in [0.4, 0.5) is 11.4 Å². The summed E-state index contributed by atoms with van der Waals surface area (Å²) >= 11 is 0. The van der Waals surface area contributed by atoms with Crippen LogP contribution in [0.3, 0.4) is 0 Å². The van der Waals surface area contributed by atoms with Gasteiger partial charge in [-0.2, -0.15) is 0 Å². The van der Waals surface area contributed by atoms with Crippen LogP contribution in [-0.2, 0) is 4.79 Å². The molecule has 3 heteroatoms. The van der Waals surface area contributed by atoms with Crippen LogP contribution in [0.25, 0.3) is 0 Å². The summed E-state index contributed by atoms with van der Waals surface area (Å²) in [6, 6.07) is 6.80. The Kier molecular flexibility index (Phi) is 2.13. The fourth-order valence-corrected chi connectivity index (χ4v) is 2.44. The molecule has 1 heterocycles. The number of nitrogens with one attached hydrogen (secondary N) is 1. The Balaban J connectivity index is 2.01. The highest BCUT2D eigenvalue weighted by atomic mass is 16.2. The maximum absolute atomic E-state index is 11.6. The lowest BCUT2D eigenvalue weighted by molar-refractivity contribution is -0.115. The van der Waals surface area contributed by atoms with E-state index in [9.17, 15) is 4.79 Å². The van der Waals surface area contributed by atoms with Crippen LogP contribution < -0.4 is 10.2 Å². The summed E-state index contributed by atoms with van der Waals surface area (Å²) in [4.78, 5) is 13.9. The highest BCUT2D eigenvalue weighted by Crippen LogP contribution is 2.36. The quantitative estimate of drug-likeness (QED) is 0.781. The van der Waals surface area contributed by atoms with Crippen LogP contribution >= 0.6 is 0 Å². The third kappa shape index (κ3) is 1.47. The maximum atomic E-state index is 11.6. The first-order valence-electron chi connectivity index (χ1n) is 5.91. The molecule has 2 aliphatic rings. The van der Waals surface area contributed by atoms with Crippen LogP contribution in [0.2, 0.25) is 0 Å². The average Bonchev–Trinajstić information content (AvgIpc) is 2.16. The summed E-state index contributed by atoms with van der Waals surface area (Å²) in [6.07, 6.45) is 3.74. The number of benzene rings is 1. The molecule has 1 aromatic carbocycles. The standard InChI is InChI=1S/C13H16N2O/c1-9-5-6-11-12(7-9)15(8-13(16)14-11)10-3-2-4-10/h5-7,10H,2-4,8H2,1H3,(H,14,16). The second-order valence-corrected chi connectivity index (χ2v) is 4.78. The van der Waals surface area contributed by atoms with Crippen LogP contribution in [0.1, 0.15) is 24.8 Å². The SMILES string of the molecule is Cc1ccc2c(c1)N(C1CCC1)CC(=O)N2. The van der Waals surface area contributed by atoms with Gasteiger partial charge < -0.3 is 10.2 Å². The van der Waals surface area contributed by atoms with Crippen molar-refractivity contribution in [2.45, 2.75) is 32.2 Å². The number of hydrogen-bond donors (Lipinski definition) is 1. The number of carbonyl (C=O) groups excluding carboxylic acids is 1. The molecule has 0 aromatic heterocycles. The van der Waals surface area contributed by atoms with Gasteiger partial charge in [0.1, 0.15) is 0 Å². The van der Waals surface area contributed by atoms with Crippen molar-refractivity contribution in [2.75, 3.05) is 16.8 Å². The number of nitrogens with zero attached hydrogens (tertiary/aromatic N) is 1. The minimum absolute atomic E-state index is 0.114. The predicted octanol–water partition coefficient (Wildman–Crippen LogP) is 2.31. The lowest BCUT2D eigenvalue weighted by Gasteiger charge is -2.42. The van der Waals surface area contributed by atoms with Crippen molar-refractivity contribution >= 4 is 17.3 Å². The number of aryl methyl sites for hydroxylation is 1. The van der Waals surface area contributed by atoms with Crippen LogP contribution in [0.5, 0.6) is 0 Å². The smallest absolute Gasteiger partial charge is 0.243 e. The van der Waals surface area contributed by atoms with Crippen molar-refractivity contribution in [3.63, 3.8) is 0 Å². The molecule has 3 rings (SSSR count). The molecule has 1 aliphatic carbocycles. The van der Waals surface area contributed by atoms with Crippen LogP contribution in [0, 0.1) is 6.92 Å². The van der Waals surface area contributed by atoms with E-state index in [4.69, 9.17) is 0 Å². The van der Waals surface area contributed by atoms with Gasteiger partial charge in [0, 0.05) is 6.04 Å². The molecule has 0 atom stereocenters. The zero-order valence-corrected chi connectivity index (χ0v) is 9.49. The largest absolute Gasteiger partial charge is 0.358 e. The summed E-state index contributed by atoms with van der Waals surface area (Å²) in [5.74, 6) is 0.114. The molecule has 0 saturated heterocycles. The molecule has 1 saturated carbocycles. The molecule has 1 aromatic rings. The van der Waals surface area contributed by atoms with E-state index in [1.165, 1.54) is 30.5 Å². The minimum atomic E-state index is 0.114. The fraction of sp³-hybridized carbons (Fsp3) is 0.462. The summed E-state index contributed by atoms with van der Waals surface area (Å²) in [7, 11) is 0. The van der Waals surface area contributed by atoms with E-state index in [0.29, 0.717) is 12.6 Å². The Morgan fingerprint density at radius 3 is 2.88 bits per heavy atom. The molecule has 1 amide bonds. The Morgan fingerprint density at radius 2 is 2.19 bits per heavy atom. The molecule has 16 heavy (non-hydrogen) atoms. The van der Waals surface area contributed by atoms with Gasteiger partial charge in [-0.3, -0.25) is 4.79 Å². The van der Waals surface area contributed by atoms with E-state index in [1.54, 1.807) is 0 Å². The van der Waals surface area contributed by atoms with E-state index in [-0.39, 0.29) is 5.91 Å². The second-order valence-electron chi connectivity index (χ2n) is 4.78. The van der Waals surface area contributed by atoms with Crippen molar-refractivity contribution in [1.82, 2.24) is 0 Å². The summed E-state index contributed by atoms with van der Waals surface area (Å²) in [5, 5.41) is 2.94. The van der Waals surface area contributed by atoms with E-state index >= 15 is 0 Å². The van der Waals surface area contributed by atoms with Gasteiger partial charge in [-0.25, -0.2) is 0 Å². The summed E-state index contributed by atoms with van der Waals surface area (Å²) < 4.78 is 0. The Labute approximate surface area is 95.4 Å². The minimum Gasteiger partial charge on any atom is -0.358 e. The lowest BCUT2D eigenvalue weighted by atomic mass is 9.90. The van der Waals surface area contributed by atoms with Gasteiger partial charge in [-0.15, -0.1) is 0 Å². The van der Waals surface area contributed by atoms with Crippen molar-refractivity contribution in [3.8, 4) is 0 Å². The zero-order chi connectivity index (χ0) is 11.1. The number of hydrogen-bond acceptors (Lipinski definition) is 2. The molecule has 1 N–H and O–H groups in total. The number of anilines is 2. The van der Waals surface area contributed by atoms with Crippen LogP contribution in [-0.4, -0.2) is 18.5 Å². The molecule has 0 unspecified atom stereocenters. The molecule has 0 radical (unpaired) electrons. The Bertz CT molecular complexity index is 438. The first-order chi connectivity index (χ1) is 7.74. The first-order valence-corrected chi connectivity index (χ1v) is 5.91. The van der Waals surface area contributed by atoms with E-state index in [1.807, 2.05) is 12.1 Å². The topological polar surface area (TPSA) is 32.3 Å². The third-order valence-electron chi connectivity index (χ3n) is 3.57. The molecule has 1 fully saturated rings. The molecule has 0 bridgehead atoms. The van der Waals surface area contributed by atoms with Crippen LogP contribution in [0.15, 0.2) is 18.2 Å². The fourth-order valence-electron chi connectivity index (χ4n) is 2.44. The van der Waals surface area contributed by atoms with Crippen molar-refractivity contribution in [2.24, 2.45) is 0 Å². The normalized spacial score (nSPS) is 20.1. The average molecular weight is 216 g/mol. The monoisotopic (exact) mass is 216 g/mol. The van der Waals surface area contributed by atoms with E-state index in [2.05, 4.69) is 23.2 Å². The molecule has 1 aliphatic heterocycles. The Morgan fingerprint density at radius 1 is 1.38 bits per heavy atom.